The fraction of sp³-hybridized carbons (Fsp3) is 0.727. The molecule has 0 aliphatic heterocycles. The number of rotatable bonds is 3. The summed E-state index contributed by atoms with van der Waals surface area (Å²) in [5.74, 6) is 0.0720. The van der Waals surface area contributed by atoms with Crippen LogP contribution in [0.3, 0.4) is 0 Å². The lowest BCUT2D eigenvalue weighted by molar-refractivity contribution is 0.0723. The molecule has 5 heteroatoms. The molecule has 1 aromatic rings. The highest BCUT2D eigenvalue weighted by molar-refractivity contribution is 5.98. The van der Waals surface area contributed by atoms with Crippen LogP contribution in [-0.4, -0.2) is 27.3 Å². The number of aryl methyl sites for hydroxylation is 1. The Bertz CT molecular complexity index is 379. The molecule has 0 spiro atoms. The van der Waals surface area contributed by atoms with Crippen molar-refractivity contribution in [3.63, 3.8) is 0 Å². The van der Waals surface area contributed by atoms with Crippen molar-refractivity contribution in [1.29, 1.82) is 0 Å². The highest BCUT2D eigenvalue weighted by Gasteiger charge is 2.39. The molecule has 88 valence electrons. The second-order valence-corrected chi connectivity index (χ2v) is 4.65. The van der Waals surface area contributed by atoms with Crippen LogP contribution >= 0.6 is 0 Å². The fourth-order valence-corrected chi connectivity index (χ4v) is 2.48. The molecule has 1 aliphatic rings. The molecule has 2 rings (SSSR count). The SMILES string of the molecule is Cn1cc(C(=O)C2(CN)CCCCC2)nn1. The summed E-state index contributed by atoms with van der Waals surface area (Å²) in [7, 11) is 1.76. The Kier molecular flexibility index (Phi) is 3.05. The number of carbonyl (C=O) groups excluding carboxylic acids is 1. The largest absolute Gasteiger partial charge is 0.329 e. The molecule has 5 nitrogen and oxygen atoms in total. The predicted octanol–water partition coefficient (Wildman–Crippen LogP) is 0.907. The molecule has 0 atom stereocenters. The summed E-state index contributed by atoms with van der Waals surface area (Å²) >= 11 is 0. The molecule has 2 N–H and O–H groups in total. The van der Waals surface area contributed by atoms with Crippen molar-refractivity contribution in [2.75, 3.05) is 6.54 Å². The van der Waals surface area contributed by atoms with Crippen molar-refractivity contribution in [1.82, 2.24) is 15.0 Å². The fourth-order valence-electron chi connectivity index (χ4n) is 2.48. The molecule has 0 unspecified atom stereocenters. The van der Waals surface area contributed by atoms with Gasteiger partial charge in [0.2, 0.25) is 0 Å². The maximum Gasteiger partial charge on any atom is 0.192 e. The highest BCUT2D eigenvalue weighted by atomic mass is 16.1. The van der Waals surface area contributed by atoms with Crippen LogP contribution in [0.25, 0.3) is 0 Å². The minimum Gasteiger partial charge on any atom is -0.329 e. The van der Waals surface area contributed by atoms with Gasteiger partial charge in [-0.05, 0) is 12.8 Å². The van der Waals surface area contributed by atoms with Crippen molar-refractivity contribution in [3.8, 4) is 0 Å². The van der Waals surface area contributed by atoms with Crippen LogP contribution in [0.4, 0.5) is 0 Å². The van der Waals surface area contributed by atoms with Crippen LogP contribution in [0.15, 0.2) is 6.20 Å². The Labute approximate surface area is 95.0 Å². The summed E-state index contributed by atoms with van der Waals surface area (Å²) in [4.78, 5) is 12.4. The molecule has 0 saturated heterocycles. The molecule has 1 heterocycles. The van der Waals surface area contributed by atoms with E-state index in [1.165, 1.54) is 6.42 Å². The van der Waals surface area contributed by atoms with Gasteiger partial charge in [0.05, 0.1) is 6.20 Å². The Morgan fingerprint density at radius 1 is 1.50 bits per heavy atom. The number of hydrogen-bond acceptors (Lipinski definition) is 4. The predicted molar refractivity (Wildman–Crippen MR) is 59.9 cm³/mol. The van der Waals surface area contributed by atoms with Gasteiger partial charge in [-0.3, -0.25) is 9.48 Å². The second kappa shape index (κ2) is 4.33. The van der Waals surface area contributed by atoms with E-state index in [-0.39, 0.29) is 11.2 Å². The lowest BCUT2D eigenvalue weighted by Crippen LogP contribution is -2.40. The molecular formula is C11H18N4O. The van der Waals surface area contributed by atoms with E-state index in [9.17, 15) is 4.79 Å². The van der Waals surface area contributed by atoms with Gasteiger partial charge < -0.3 is 5.73 Å². The van der Waals surface area contributed by atoms with Gasteiger partial charge in [0.1, 0.15) is 5.69 Å². The van der Waals surface area contributed by atoms with E-state index in [4.69, 9.17) is 5.73 Å². The Morgan fingerprint density at radius 2 is 2.19 bits per heavy atom. The number of carbonyl (C=O) groups is 1. The Morgan fingerprint density at radius 3 is 2.69 bits per heavy atom. The molecule has 1 saturated carbocycles. The molecule has 1 aliphatic carbocycles. The third kappa shape index (κ3) is 1.87. The first-order valence-electron chi connectivity index (χ1n) is 5.79. The molecule has 1 aromatic heterocycles. The van der Waals surface area contributed by atoms with Gasteiger partial charge in [0, 0.05) is 19.0 Å². The number of hydrogen-bond donors (Lipinski definition) is 1. The van der Waals surface area contributed by atoms with Gasteiger partial charge in [-0.2, -0.15) is 0 Å². The summed E-state index contributed by atoms with van der Waals surface area (Å²) < 4.78 is 1.56. The average Bonchev–Trinajstić information content (AvgIpc) is 2.76. The van der Waals surface area contributed by atoms with Crippen LogP contribution in [-0.2, 0) is 7.05 Å². The molecule has 16 heavy (non-hydrogen) atoms. The normalized spacial score (nSPS) is 19.6. The molecule has 1 fully saturated rings. The maximum atomic E-state index is 12.4. The number of Topliss-reactive ketones (excluding diaryl/α,β-unsaturated/α-hetero) is 1. The van der Waals surface area contributed by atoms with Gasteiger partial charge in [0.25, 0.3) is 0 Å². The lowest BCUT2D eigenvalue weighted by atomic mass is 9.70. The number of aromatic nitrogens is 3. The number of nitrogens with two attached hydrogens (primary N) is 1. The van der Waals surface area contributed by atoms with Crippen molar-refractivity contribution in [2.24, 2.45) is 18.2 Å². The molecule has 0 aromatic carbocycles. The summed E-state index contributed by atoms with van der Waals surface area (Å²) in [6.45, 7) is 0.419. The summed E-state index contributed by atoms with van der Waals surface area (Å²) in [6, 6.07) is 0. The van der Waals surface area contributed by atoms with Crippen LogP contribution in [0, 0.1) is 5.41 Å². The van der Waals surface area contributed by atoms with Gasteiger partial charge in [0.15, 0.2) is 5.78 Å². The third-order valence-corrected chi connectivity index (χ3v) is 3.52. The zero-order valence-corrected chi connectivity index (χ0v) is 9.65. The average molecular weight is 222 g/mol. The van der Waals surface area contributed by atoms with E-state index < -0.39 is 0 Å². The topological polar surface area (TPSA) is 73.8 Å². The summed E-state index contributed by atoms with van der Waals surface area (Å²) in [5.41, 5.74) is 5.88. The minimum absolute atomic E-state index is 0.0720. The van der Waals surface area contributed by atoms with E-state index >= 15 is 0 Å². The quantitative estimate of drug-likeness (QED) is 0.771. The van der Waals surface area contributed by atoms with Gasteiger partial charge in [-0.25, -0.2) is 0 Å². The molecule has 0 amide bonds. The summed E-state index contributed by atoms with van der Waals surface area (Å²) in [6.07, 6.45) is 6.83. The first-order valence-corrected chi connectivity index (χ1v) is 5.79. The molecular weight excluding hydrogens is 204 g/mol. The zero-order valence-electron chi connectivity index (χ0n) is 9.65. The van der Waals surface area contributed by atoms with Crippen molar-refractivity contribution in [3.05, 3.63) is 11.9 Å². The Balaban J connectivity index is 2.24. The van der Waals surface area contributed by atoms with Gasteiger partial charge in [-0.1, -0.05) is 24.5 Å². The number of ketones is 1. The third-order valence-electron chi connectivity index (χ3n) is 3.52. The van der Waals surface area contributed by atoms with Crippen LogP contribution in [0.5, 0.6) is 0 Å². The monoisotopic (exact) mass is 222 g/mol. The van der Waals surface area contributed by atoms with E-state index in [1.807, 2.05) is 0 Å². The standard InChI is InChI=1S/C11H18N4O/c1-15-7-9(13-14-15)10(16)11(8-12)5-3-2-4-6-11/h7H,2-6,8,12H2,1H3. The van der Waals surface area contributed by atoms with E-state index in [2.05, 4.69) is 10.3 Å². The van der Waals surface area contributed by atoms with Crippen LogP contribution in [0.1, 0.15) is 42.6 Å². The van der Waals surface area contributed by atoms with E-state index in [1.54, 1.807) is 17.9 Å². The van der Waals surface area contributed by atoms with Crippen LogP contribution < -0.4 is 5.73 Å². The summed E-state index contributed by atoms with van der Waals surface area (Å²) in [5, 5.41) is 7.69. The molecule has 0 radical (unpaired) electrons. The number of nitrogens with zero attached hydrogens (tertiary/aromatic N) is 3. The van der Waals surface area contributed by atoms with Crippen LogP contribution in [0.2, 0.25) is 0 Å². The van der Waals surface area contributed by atoms with Gasteiger partial charge in [-0.15, -0.1) is 5.10 Å². The van der Waals surface area contributed by atoms with Crippen molar-refractivity contribution < 1.29 is 4.79 Å². The molecule has 0 bridgehead atoms. The smallest absolute Gasteiger partial charge is 0.192 e. The Hall–Kier alpha value is -1.23. The van der Waals surface area contributed by atoms with E-state index in [0.717, 1.165) is 25.7 Å². The first-order chi connectivity index (χ1) is 7.68. The second-order valence-electron chi connectivity index (χ2n) is 4.65. The highest BCUT2D eigenvalue weighted by Crippen LogP contribution is 2.37. The maximum absolute atomic E-state index is 12.4. The van der Waals surface area contributed by atoms with E-state index in [0.29, 0.717) is 12.2 Å². The van der Waals surface area contributed by atoms with Gasteiger partial charge >= 0.3 is 0 Å². The van der Waals surface area contributed by atoms with Crippen molar-refractivity contribution >= 4 is 5.78 Å². The van der Waals surface area contributed by atoms with Crippen molar-refractivity contribution in [2.45, 2.75) is 32.1 Å². The minimum atomic E-state index is -0.381. The first kappa shape index (κ1) is 11.3. The lowest BCUT2D eigenvalue weighted by Gasteiger charge is -2.33. The zero-order chi connectivity index (χ0) is 11.6.